The van der Waals surface area contributed by atoms with E-state index in [2.05, 4.69) is 5.32 Å². The van der Waals surface area contributed by atoms with E-state index in [4.69, 9.17) is 39.5 Å². The van der Waals surface area contributed by atoms with Gasteiger partial charge in [-0.15, -0.1) is 0 Å². The van der Waals surface area contributed by atoms with Crippen molar-refractivity contribution in [3.63, 3.8) is 0 Å². The van der Waals surface area contributed by atoms with Crippen LogP contribution in [0.1, 0.15) is 6.42 Å². The van der Waals surface area contributed by atoms with Crippen molar-refractivity contribution in [2.24, 2.45) is 0 Å². The van der Waals surface area contributed by atoms with Gasteiger partial charge in [0.05, 0.1) is 22.2 Å². The van der Waals surface area contributed by atoms with Crippen LogP contribution in [0.25, 0.3) is 10.9 Å². The van der Waals surface area contributed by atoms with E-state index < -0.39 is 18.5 Å². The SMILES string of the molecule is O=C(COC(=O)CCn1ccc2ccccc21)Nc1c(Cl)cc(Cl)cc1Cl. The van der Waals surface area contributed by atoms with Crippen molar-refractivity contribution >= 4 is 63.3 Å². The number of anilines is 1. The van der Waals surface area contributed by atoms with E-state index in [1.54, 1.807) is 0 Å². The Morgan fingerprint density at radius 3 is 2.48 bits per heavy atom. The van der Waals surface area contributed by atoms with E-state index in [1.807, 2.05) is 41.1 Å². The van der Waals surface area contributed by atoms with Crippen molar-refractivity contribution < 1.29 is 14.3 Å². The normalized spacial score (nSPS) is 10.8. The molecule has 2 aromatic carbocycles. The second kappa shape index (κ2) is 8.65. The van der Waals surface area contributed by atoms with Crippen molar-refractivity contribution in [2.45, 2.75) is 13.0 Å². The summed E-state index contributed by atoms with van der Waals surface area (Å²) in [5.74, 6) is -1.02. The Bertz CT molecular complexity index is 978. The van der Waals surface area contributed by atoms with Crippen LogP contribution in [0, 0.1) is 0 Å². The number of hydrogen-bond acceptors (Lipinski definition) is 3. The molecule has 1 amide bonds. The summed E-state index contributed by atoms with van der Waals surface area (Å²) in [7, 11) is 0. The summed E-state index contributed by atoms with van der Waals surface area (Å²) in [6.07, 6.45) is 2.06. The zero-order valence-electron chi connectivity index (χ0n) is 14.0. The zero-order valence-corrected chi connectivity index (χ0v) is 16.3. The number of amides is 1. The van der Waals surface area contributed by atoms with Crippen LogP contribution in [0.3, 0.4) is 0 Å². The lowest BCUT2D eigenvalue weighted by atomic mass is 10.2. The third-order valence-corrected chi connectivity index (χ3v) is 4.69. The molecule has 0 bridgehead atoms. The molecule has 0 aliphatic carbocycles. The average molecular weight is 426 g/mol. The van der Waals surface area contributed by atoms with Crippen LogP contribution < -0.4 is 5.32 Å². The summed E-state index contributed by atoms with van der Waals surface area (Å²) in [4.78, 5) is 23.9. The number of ether oxygens (including phenoxy) is 1. The molecule has 1 N–H and O–H groups in total. The first kappa shape index (κ1) is 19.5. The molecular formula is C19H15Cl3N2O3. The Balaban J connectivity index is 1.50. The smallest absolute Gasteiger partial charge is 0.308 e. The number of hydrogen-bond donors (Lipinski definition) is 1. The minimum Gasteiger partial charge on any atom is -0.456 e. The Morgan fingerprint density at radius 1 is 1.04 bits per heavy atom. The third kappa shape index (κ3) is 4.95. The van der Waals surface area contributed by atoms with Gasteiger partial charge in [0.2, 0.25) is 0 Å². The Hall–Kier alpha value is -2.21. The summed E-state index contributed by atoms with van der Waals surface area (Å²) in [5, 5.41) is 4.36. The lowest BCUT2D eigenvalue weighted by Gasteiger charge is -2.10. The highest BCUT2D eigenvalue weighted by atomic mass is 35.5. The fraction of sp³-hybridized carbons (Fsp3) is 0.158. The molecule has 0 unspecified atom stereocenters. The van der Waals surface area contributed by atoms with Gasteiger partial charge in [-0.1, -0.05) is 53.0 Å². The fourth-order valence-corrected chi connectivity index (χ4v) is 3.51. The van der Waals surface area contributed by atoms with E-state index in [1.165, 1.54) is 12.1 Å². The topological polar surface area (TPSA) is 60.3 Å². The number of carbonyl (C=O) groups is 2. The first-order valence-electron chi connectivity index (χ1n) is 8.08. The number of para-hydroxylation sites is 1. The van der Waals surface area contributed by atoms with Gasteiger partial charge in [-0.25, -0.2) is 0 Å². The van der Waals surface area contributed by atoms with Gasteiger partial charge in [-0.2, -0.15) is 0 Å². The summed E-state index contributed by atoms with van der Waals surface area (Å²) < 4.78 is 6.98. The van der Waals surface area contributed by atoms with E-state index in [-0.39, 0.29) is 22.2 Å². The number of benzene rings is 2. The van der Waals surface area contributed by atoms with Gasteiger partial charge in [0.25, 0.3) is 5.91 Å². The van der Waals surface area contributed by atoms with Gasteiger partial charge in [-0.3, -0.25) is 9.59 Å². The molecule has 0 radical (unpaired) electrons. The van der Waals surface area contributed by atoms with Gasteiger partial charge in [0.15, 0.2) is 6.61 Å². The quantitative estimate of drug-likeness (QED) is 0.554. The third-order valence-electron chi connectivity index (χ3n) is 3.87. The lowest BCUT2D eigenvalue weighted by molar-refractivity contribution is -0.147. The summed E-state index contributed by atoms with van der Waals surface area (Å²) >= 11 is 17.8. The van der Waals surface area contributed by atoms with Crippen LogP contribution in [0.5, 0.6) is 0 Å². The molecule has 0 atom stereocenters. The highest BCUT2D eigenvalue weighted by molar-refractivity contribution is 6.42. The molecule has 140 valence electrons. The predicted octanol–water partition coefficient (Wildman–Crippen LogP) is 5.17. The number of rotatable bonds is 6. The number of carbonyl (C=O) groups excluding carboxylic acids is 2. The summed E-state index contributed by atoms with van der Waals surface area (Å²) in [5.41, 5.74) is 1.26. The van der Waals surface area contributed by atoms with Crippen LogP contribution in [-0.4, -0.2) is 23.1 Å². The maximum Gasteiger partial charge on any atom is 0.308 e. The molecule has 0 saturated heterocycles. The van der Waals surface area contributed by atoms with Crippen molar-refractivity contribution in [3.8, 4) is 0 Å². The van der Waals surface area contributed by atoms with E-state index >= 15 is 0 Å². The monoisotopic (exact) mass is 424 g/mol. The largest absolute Gasteiger partial charge is 0.456 e. The second-order valence-corrected chi connectivity index (χ2v) is 7.02. The van der Waals surface area contributed by atoms with Crippen molar-refractivity contribution in [1.29, 1.82) is 0 Å². The fourth-order valence-electron chi connectivity index (χ4n) is 2.60. The zero-order chi connectivity index (χ0) is 19.4. The van der Waals surface area contributed by atoms with Crippen molar-refractivity contribution in [2.75, 3.05) is 11.9 Å². The number of aromatic nitrogens is 1. The molecule has 0 saturated carbocycles. The maximum atomic E-state index is 12.0. The number of fused-ring (bicyclic) bond motifs is 1. The molecule has 1 aromatic heterocycles. The van der Waals surface area contributed by atoms with Crippen LogP contribution in [-0.2, 0) is 20.9 Å². The van der Waals surface area contributed by atoms with Crippen LogP contribution in [0.2, 0.25) is 15.1 Å². The minimum absolute atomic E-state index is 0.147. The molecule has 3 aromatic rings. The maximum absolute atomic E-state index is 12.0. The van der Waals surface area contributed by atoms with Gasteiger partial charge in [-0.05, 0) is 29.7 Å². The van der Waals surface area contributed by atoms with Crippen LogP contribution in [0.15, 0.2) is 48.7 Å². The number of nitrogens with one attached hydrogen (secondary N) is 1. The predicted molar refractivity (Wildman–Crippen MR) is 108 cm³/mol. The molecule has 5 nitrogen and oxygen atoms in total. The van der Waals surface area contributed by atoms with Crippen LogP contribution in [0.4, 0.5) is 5.69 Å². The summed E-state index contributed by atoms with van der Waals surface area (Å²) in [6, 6.07) is 12.8. The van der Waals surface area contributed by atoms with Crippen molar-refractivity contribution in [3.05, 3.63) is 63.7 Å². The molecule has 27 heavy (non-hydrogen) atoms. The Labute approximate surface area is 170 Å². The second-order valence-electron chi connectivity index (χ2n) is 5.77. The standard InChI is InChI=1S/C19H15Cl3N2O3/c20-13-9-14(21)19(15(22)10-13)23-17(25)11-27-18(26)6-8-24-7-5-12-3-1-2-4-16(12)24/h1-5,7,9-10H,6,8,11H2,(H,23,25). The highest BCUT2D eigenvalue weighted by Crippen LogP contribution is 2.33. The Kier molecular flexibility index (Phi) is 6.26. The summed E-state index contributed by atoms with van der Waals surface area (Å²) in [6.45, 7) is 0.0311. The number of aryl methyl sites for hydroxylation is 1. The molecule has 0 fully saturated rings. The molecule has 0 spiro atoms. The molecule has 1 heterocycles. The highest BCUT2D eigenvalue weighted by Gasteiger charge is 2.13. The first-order chi connectivity index (χ1) is 12.9. The van der Waals surface area contributed by atoms with Gasteiger partial charge < -0.3 is 14.6 Å². The molecular weight excluding hydrogens is 411 g/mol. The average Bonchev–Trinajstić information content (AvgIpc) is 3.04. The number of halogens is 3. The number of nitrogens with zero attached hydrogens (tertiary/aromatic N) is 1. The Morgan fingerprint density at radius 2 is 1.74 bits per heavy atom. The van der Waals surface area contributed by atoms with Gasteiger partial charge in [0, 0.05) is 23.3 Å². The molecule has 0 aliphatic rings. The first-order valence-corrected chi connectivity index (χ1v) is 9.21. The molecule has 8 heteroatoms. The van der Waals surface area contributed by atoms with Gasteiger partial charge >= 0.3 is 5.97 Å². The van der Waals surface area contributed by atoms with Gasteiger partial charge in [0.1, 0.15) is 0 Å². The van der Waals surface area contributed by atoms with E-state index in [9.17, 15) is 9.59 Å². The minimum atomic E-state index is -0.541. The number of esters is 1. The van der Waals surface area contributed by atoms with E-state index in [0.29, 0.717) is 11.6 Å². The van der Waals surface area contributed by atoms with E-state index in [0.717, 1.165) is 10.9 Å². The lowest BCUT2D eigenvalue weighted by Crippen LogP contribution is -2.21. The molecule has 3 rings (SSSR count). The van der Waals surface area contributed by atoms with Crippen molar-refractivity contribution in [1.82, 2.24) is 4.57 Å². The van der Waals surface area contributed by atoms with Crippen LogP contribution >= 0.6 is 34.8 Å². The molecule has 0 aliphatic heterocycles.